The molecule has 0 radical (unpaired) electrons. The number of nitrogens with zero attached hydrogens (tertiary/aromatic N) is 2. The Kier molecular flexibility index (Phi) is 6.86. The van der Waals surface area contributed by atoms with Crippen LogP contribution >= 0.6 is 0 Å². The molecule has 0 unspecified atom stereocenters. The van der Waals surface area contributed by atoms with Gasteiger partial charge in [-0.05, 0) is 38.8 Å². The maximum absolute atomic E-state index is 12.7. The van der Waals surface area contributed by atoms with Gasteiger partial charge in [-0.3, -0.25) is 9.59 Å². The molecule has 1 aliphatic rings. The van der Waals surface area contributed by atoms with Gasteiger partial charge in [0.05, 0.1) is 19.3 Å². The fourth-order valence-corrected chi connectivity index (χ4v) is 2.95. The fraction of sp³-hybridized carbons (Fsp3) is 0.500. The summed E-state index contributed by atoms with van der Waals surface area (Å²) in [6.45, 7) is 3.88. The molecule has 0 aromatic carbocycles. The maximum Gasteiger partial charge on any atom is 0.357 e. The van der Waals surface area contributed by atoms with Crippen molar-refractivity contribution in [1.82, 2.24) is 15.2 Å². The summed E-state index contributed by atoms with van der Waals surface area (Å²) in [4.78, 5) is 54.3. The van der Waals surface area contributed by atoms with Crippen molar-refractivity contribution in [2.24, 2.45) is 0 Å². The van der Waals surface area contributed by atoms with Crippen LogP contribution in [0.5, 0.6) is 0 Å². The topological polar surface area (TPSA) is 115 Å². The molecule has 9 nitrogen and oxygen atoms in total. The van der Waals surface area contributed by atoms with Gasteiger partial charge in [-0.2, -0.15) is 0 Å². The van der Waals surface area contributed by atoms with Gasteiger partial charge in [0.2, 0.25) is 5.91 Å². The van der Waals surface area contributed by atoms with E-state index in [1.54, 1.807) is 6.92 Å². The minimum atomic E-state index is -0.891. The van der Waals surface area contributed by atoms with Gasteiger partial charge in [0.1, 0.15) is 12.1 Å². The molecule has 1 N–H and O–H groups in total. The third-order valence-corrected chi connectivity index (χ3v) is 4.24. The third-order valence-electron chi connectivity index (χ3n) is 4.24. The van der Waals surface area contributed by atoms with Gasteiger partial charge in [0.25, 0.3) is 5.91 Å². The number of likely N-dealkylation sites (tertiary alicyclic amines) is 1. The number of esters is 2. The van der Waals surface area contributed by atoms with Crippen LogP contribution in [0.1, 0.15) is 47.5 Å². The van der Waals surface area contributed by atoms with Crippen LogP contribution < -0.4 is 5.32 Å². The predicted octanol–water partition coefficient (Wildman–Crippen LogP) is 0.541. The number of aromatic nitrogens is 1. The van der Waals surface area contributed by atoms with E-state index >= 15 is 0 Å². The number of carbonyl (C=O) groups is 4. The highest BCUT2D eigenvalue weighted by Crippen LogP contribution is 2.20. The minimum Gasteiger partial charge on any atom is -0.464 e. The zero-order chi connectivity index (χ0) is 20.0. The molecule has 1 fully saturated rings. The average Bonchev–Trinajstić information content (AvgIpc) is 3.16. The lowest BCUT2D eigenvalue weighted by Gasteiger charge is -2.26. The molecule has 0 saturated carbocycles. The average molecular weight is 377 g/mol. The van der Waals surface area contributed by atoms with Crippen molar-refractivity contribution in [3.63, 3.8) is 0 Å². The highest BCUT2D eigenvalue weighted by molar-refractivity contribution is 6.05. The van der Waals surface area contributed by atoms with Crippen LogP contribution in [0.4, 0.5) is 0 Å². The van der Waals surface area contributed by atoms with Crippen molar-refractivity contribution in [3.05, 3.63) is 29.6 Å². The minimum absolute atomic E-state index is 0.00682. The molecule has 2 amide bonds. The fourth-order valence-electron chi connectivity index (χ4n) is 2.95. The van der Waals surface area contributed by atoms with E-state index in [2.05, 4.69) is 15.0 Å². The van der Waals surface area contributed by atoms with Gasteiger partial charge in [-0.25, -0.2) is 14.6 Å². The number of ether oxygens (including phenoxy) is 2. The Bertz CT molecular complexity index is 736. The summed E-state index contributed by atoms with van der Waals surface area (Å²) >= 11 is 0. The van der Waals surface area contributed by atoms with Crippen molar-refractivity contribution in [2.75, 3.05) is 20.3 Å². The summed E-state index contributed by atoms with van der Waals surface area (Å²) in [5.41, 5.74) is -0.130. The van der Waals surface area contributed by atoms with Crippen molar-refractivity contribution in [2.45, 2.75) is 38.8 Å². The van der Waals surface area contributed by atoms with Gasteiger partial charge in [0.15, 0.2) is 5.69 Å². The van der Waals surface area contributed by atoms with Crippen molar-refractivity contribution < 1.29 is 28.7 Å². The molecule has 2 atom stereocenters. The Hall–Kier alpha value is -2.97. The quantitative estimate of drug-likeness (QED) is 0.720. The summed E-state index contributed by atoms with van der Waals surface area (Å²) in [5, 5.41) is 2.55. The molecule has 0 bridgehead atoms. The normalized spacial score (nSPS) is 17.1. The smallest absolute Gasteiger partial charge is 0.357 e. The molecule has 1 saturated heterocycles. The standard InChI is InChI=1S/C18H23N3O6/c1-4-27-17(24)13-8-6-10-21(13)16(23)11(2)20-15(22)12-7-5-9-19-14(12)18(25)26-3/h5,7,9,11,13H,4,6,8,10H2,1-3H3,(H,20,22)/t11-,13-/m0/s1. The van der Waals surface area contributed by atoms with Crippen LogP contribution in [0.15, 0.2) is 18.3 Å². The first-order chi connectivity index (χ1) is 12.9. The van der Waals surface area contributed by atoms with Crippen LogP contribution in [0.25, 0.3) is 0 Å². The highest BCUT2D eigenvalue weighted by Gasteiger charge is 2.37. The highest BCUT2D eigenvalue weighted by atomic mass is 16.5. The van der Waals surface area contributed by atoms with E-state index in [1.807, 2.05) is 0 Å². The monoisotopic (exact) mass is 377 g/mol. The van der Waals surface area contributed by atoms with E-state index in [0.29, 0.717) is 19.4 Å². The van der Waals surface area contributed by atoms with Crippen molar-refractivity contribution in [1.29, 1.82) is 0 Å². The lowest BCUT2D eigenvalue weighted by Crippen LogP contribution is -2.50. The first kappa shape index (κ1) is 20.3. The Balaban J connectivity index is 2.09. The predicted molar refractivity (Wildman–Crippen MR) is 93.9 cm³/mol. The number of nitrogens with one attached hydrogen (secondary N) is 1. The summed E-state index contributed by atoms with van der Waals surface area (Å²) in [6, 6.07) is 1.40. The summed E-state index contributed by atoms with van der Waals surface area (Å²) < 4.78 is 9.63. The molecular weight excluding hydrogens is 354 g/mol. The SMILES string of the molecule is CCOC(=O)[C@@H]1CCCN1C(=O)[C@H](C)NC(=O)c1cccnc1C(=O)OC. The number of methoxy groups -OCH3 is 1. The van der Waals surface area contributed by atoms with E-state index in [4.69, 9.17) is 4.74 Å². The Labute approximate surface area is 157 Å². The molecule has 0 aliphatic carbocycles. The molecule has 146 valence electrons. The number of hydrogen-bond acceptors (Lipinski definition) is 7. The van der Waals surface area contributed by atoms with Crippen LogP contribution in [-0.4, -0.2) is 66.0 Å². The first-order valence-corrected chi connectivity index (χ1v) is 8.72. The van der Waals surface area contributed by atoms with E-state index in [9.17, 15) is 19.2 Å². The summed E-state index contributed by atoms with van der Waals surface area (Å²) in [5.74, 6) is -2.21. The summed E-state index contributed by atoms with van der Waals surface area (Å²) in [6.07, 6.45) is 2.58. The van der Waals surface area contributed by atoms with Gasteiger partial charge in [0, 0.05) is 12.7 Å². The number of hydrogen-bond donors (Lipinski definition) is 1. The van der Waals surface area contributed by atoms with Crippen LogP contribution in [-0.2, 0) is 19.1 Å². The lowest BCUT2D eigenvalue weighted by molar-refractivity contribution is -0.153. The number of amides is 2. The molecule has 9 heteroatoms. The van der Waals surface area contributed by atoms with E-state index in [-0.39, 0.29) is 23.8 Å². The van der Waals surface area contributed by atoms with Crippen molar-refractivity contribution >= 4 is 23.8 Å². The first-order valence-electron chi connectivity index (χ1n) is 8.72. The second-order valence-corrected chi connectivity index (χ2v) is 6.03. The maximum atomic E-state index is 12.7. The van der Waals surface area contributed by atoms with Gasteiger partial charge >= 0.3 is 11.9 Å². The van der Waals surface area contributed by atoms with Crippen LogP contribution in [0.3, 0.4) is 0 Å². The van der Waals surface area contributed by atoms with Gasteiger partial charge < -0.3 is 19.7 Å². The number of rotatable bonds is 6. The Morgan fingerprint density at radius 1 is 1.37 bits per heavy atom. The zero-order valence-electron chi connectivity index (χ0n) is 15.6. The molecule has 2 heterocycles. The van der Waals surface area contributed by atoms with Crippen LogP contribution in [0, 0.1) is 0 Å². The molecule has 27 heavy (non-hydrogen) atoms. The Morgan fingerprint density at radius 3 is 2.78 bits per heavy atom. The number of carbonyl (C=O) groups excluding carboxylic acids is 4. The van der Waals surface area contributed by atoms with Gasteiger partial charge in [-0.15, -0.1) is 0 Å². The van der Waals surface area contributed by atoms with Gasteiger partial charge in [-0.1, -0.05) is 0 Å². The molecule has 1 aliphatic heterocycles. The van der Waals surface area contributed by atoms with Crippen molar-refractivity contribution in [3.8, 4) is 0 Å². The molecule has 0 spiro atoms. The number of pyridine rings is 1. The lowest BCUT2D eigenvalue weighted by atomic mass is 10.1. The third kappa shape index (κ3) is 4.60. The van der Waals surface area contributed by atoms with E-state index < -0.39 is 29.9 Å². The van der Waals surface area contributed by atoms with E-state index in [0.717, 1.165) is 0 Å². The molecular formula is C18H23N3O6. The Morgan fingerprint density at radius 2 is 2.11 bits per heavy atom. The zero-order valence-corrected chi connectivity index (χ0v) is 15.6. The van der Waals surface area contributed by atoms with E-state index in [1.165, 1.54) is 37.3 Å². The van der Waals surface area contributed by atoms with Crippen LogP contribution in [0.2, 0.25) is 0 Å². The summed E-state index contributed by atoms with van der Waals surface area (Å²) in [7, 11) is 1.19. The molecule has 1 aromatic heterocycles. The second kappa shape index (κ2) is 9.11. The molecule has 1 aromatic rings. The molecule has 2 rings (SSSR count). The largest absolute Gasteiger partial charge is 0.464 e. The second-order valence-electron chi connectivity index (χ2n) is 6.03.